The van der Waals surface area contributed by atoms with E-state index in [1.54, 1.807) is 0 Å². The molecule has 0 aliphatic heterocycles. The third-order valence-electron chi connectivity index (χ3n) is 0. The molecule has 0 spiro atoms. The fourth-order valence-electron chi connectivity index (χ4n) is 0. The third kappa shape index (κ3) is 79.7. The Bertz CT molecular complexity index is 33.2. The molecule has 0 atom stereocenters. The Morgan fingerprint density at radius 1 is 1.00 bits per heavy atom. The Kier molecular flexibility index (Phi) is 1280. The summed E-state index contributed by atoms with van der Waals surface area (Å²) in [5, 5.41) is 0. The molecule has 0 aromatic rings. The van der Waals surface area contributed by atoms with Gasteiger partial charge < -0.3 is 0 Å². The number of rotatable bonds is 0. The van der Waals surface area contributed by atoms with E-state index in [-0.39, 0.29) is 161 Å². The van der Waals surface area contributed by atoms with Gasteiger partial charge in [0.15, 0.2) is 0 Å². The van der Waals surface area contributed by atoms with E-state index in [1.807, 2.05) is 0 Å². The second-order valence-electron chi connectivity index (χ2n) is 0. The summed E-state index contributed by atoms with van der Waals surface area (Å²) < 4.78 is 0. The fourth-order valence-corrected chi connectivity index (χ4v) is 0. The van der Waals surface area contributed by atoms with Gasteiger partial charge in [-0.3, -0.25) is 0 Å². The van der Waals surface area contributed by atoms with Crippen molar-refractivity contribution in [3.05, 3.63) is 7.43 Å². The summed E-state index contributed by atoms with van der Waals surface area (Å²) in [7, 11) is 0. The predicted octanol–water partition coefficient (Wildman–Crippen LogP) is -0.698. The molecule has 0 N–H and O–H groups in total. The zero-order valence-corrected chi connectivity index (χ0v) is 17.0. The quantitative estimate of drug-likeness (QED) is 0.374. The van der Waals surface area contributed by atoms with Crippen LogP contribution < -0.4 is 0 Å². The van der Waals surface area contributed by atoms with E-state index in [2.05, 4.69) is 0 Å². The third-order valence-corrected chi connectivity index (χ3v) is 0. The van der Waals surface area contributed by atoms with Crippen molar-refractivity contribution >= 4 is 28.3 Å². The van der Waals surface area contributed by atoms with Crippen molar-refractivity contribution in [1.82, 2.24) is 0 Å². The molecule has 0 unspecified atom stereocenters. The van der Waals surface area contributed by atoms with Crippen LogP contribution in [0.3, 0.4) is 0 Å². The molecule has 0 amide bonds. The molecule has 10 heavy (non-hydrogen) atoms. The van der Waals surface area contributed by atoms with Crippen LogP contribution in [-0.2, 0) is 125 Å². The average Bonchev–Trinajstić information content (AvgIpc) is 0. The molecular weight excluding hydrogens is 517 g/mol. The maximum atomic E-state index is 0. The Morgan fingerprint density at radius 2 is 1.00 bits per heavy atom. The molecule has 0 aliphatic carbocycles. The molecule has 0 nitrogen and oxygen atoms in total. The minimum atomic E-state index is 0. The van der Waals surface area contributed by atoms with Crippen molar-refractivity contribution in [2.24, 2.45) is 0 Å². The van der Waals surface area contributed by atoms with Gasteiger partial charge in [0.1, 0.15) is 0 Å². The van der Waals surface area contributed by atoms with Crippen LogP contribution in [0.4, 0.5) is 0 Å². The summed E-state index contributed by atoms with van der Waals surface area (Å²) in [6.07, 6.45) is 0. The molecule has 0 aromatic heterocycles. The molecule has 0 saturated heterocycles. The number of hydrogen-bond donors (Lipinski definition) is 0. The van der Waals surface area contributed by atoms with Crippen molar-refractivity contribution in [2.45, 2.75) is 0 Å². The Labute approximate surface area is 158 Å². The zero-order valence-electron chi connectivity index (χ0n) is 4.43. The Hall–Kier alpha value is 4.63. The van der Waals surface area contributed by atoms with Crippen LogP contribution in [0.25, 0.3) is 0 Å². The second kappa shape index (κ2) is 101. The largest absolute Gasteiger partial charge is 0 e. The first kappa shape index (κ1) is 127. The monoisotopic (exact) mass is 515 g/mol. The minimum Gasteiger partial charge on any atom is 0 e. The van der Waals surface area contributed by atoms with Gasteiger partial charge in [-0.1, -0.05) is 0 Å². The van der Waals surface area contributed by atoms with Gasteiger partial charge in [0, 0.05) is 161 Å². The Morgan fingerprint density at radius 3 is 1.00 bits per heavy atom. The molecule has 0 aliphatic rings. The molecule has 0 rings (SSSR count). The first-order chi connectivity index (χ1) is 0. The molecule has 0 bridgehead atoms. The van der Waals surface area contributed by atoms with E-state index in [0.29, 0.717) is 0 Å². The van der Waals surface area contributed by atoms with Gasteiger partial charge in [0.25, 0.3) is 0 Å². The van der Waals surface area contributed by atoms with E-state index in [0.717, 1.165) is 0 Å². The van der Waals surface area contributed by atoms with Gasteiger partial charge in [-0.25, -0.2) is 0 Å². The van der Waals surface area contributed by atoms with E-state index in [1.165, 1.54) is 0 Å². The summed E-state index contributed by atoms with van der Waals surface area (Å²) in [5.41, 5.74) is 0. The van der Waals surface area contributed by atoms with E-state index < -0.39 is 0 Å². The average molecular weight is 517 g/mol. The van der Waals surface area contributed by atoms with Crippen LogP contribution in [0.15, 0.2) is 0 Å². The van der Waals surface area contributed by atoms with Crippen molar-refractivity contribution in [3.63, 3.8) is 0 Å². The fraction of sp³-hybridized carbons (Fsp3) is 0. The molecule has 62 valence electrons. The number of hydrogen-bond acceptors (Lipinski definition) is 0. The predicted molar refractivity (Wildman–Crippen MR) is 14.8 cm³/mol. The molecule has 0 saturated carbocycles. The molecule has 0 fully saturated rings. The van der Waals surface area contributed by atoms with Gasteiger partial charge in [0.05, 0.1) is 0 Å². The second-order valence-corrected chi connectivity index (χ2v) is 0. The topological polar surface area (TPSA) is 0 Å². The summed E-state index contributed by atoms with van der Waals surface area (Å²) in [5.74, 6) is 0. The summed E-state index contributed by atoms with van der Waals surface area (Å²) in [6.45, 7) is 0. The van der Waals surface area contributed by atoms with Crippen molar-refractivity contribution in [1.29, 1.82) is 0 Å². The van der Waals surface area contributed by atoms with Gasteiger partial charge >= 0.3 is 0 Å². The minimum absolute atomic E-state index is 0. The van der Waals surface area contributed by atoms with Crippen LogP contribution in [0.1, 0.15) is 0 Å². The van der Waals surface area contributed by atoms with E-state index in [9.17, 15) is 0 Å². The molecule has 0 aromatic carbocycles. The SMILES string of the molecule is [Al].[C].[Co].[Cr].[Cu].[Mn].[Mo].[Ni].[Si].[Zn]. The maximum absolute atomic E-state index is 0. The molecule has 14 radical (unpaired) electrons. The van der Waals surface area contributed by atoms with Gasteiger partial charge in [0.2, 0.25) is 0 Å². The molecular formula is CAlCoCrCuMnMoNiSiZn. The van der Waals surface area contributed by atoms with Crippen LogP contribution in [-0.4, -0.2) is 28.3 Å². The van der Waals surface area contributed by atoms with E-state index in [4.69, 9.17) is 0 Å². The van der Waals surface area contributed by atoms with Crippen molar-refractivity contribution < 1.29 is 125 Å². The zero-order chi connectivity index (χ0) is 0. The smallest absolute Gasteiger partial charge is 0 e. The first-order valence-corrected chi connectivity index (χ1v) is 0. The summed E-state index contributed by atoms with van der Waals surface area (Å²) in [4.78, 5) is 0. The van der Waals surface area contributed by atoms with Gasteiger partial charge in [-0.15, -0.1) is 0 Å². The van der Waals surface area contributed by atoms with Crippen LogP contribution in [0.2, 0.25) is 0 Å². The van der Waals surface area contributed by atoms with Gasteiger partial charge in [-0.05, 0) is 0 Å². The van der Waals surface area contributed by atoms with Crippen LogP contribution in [0.5, 0.6) is 0 Å². The standard InChI is InChI=1S/C.Al.Co.Cr.Cu.Mn.Mo.Ni.Si.Zn. The molecule has 9 heteroatoms. The summed E-state index contributed by atoms with van der Waals surface area (Å²) >= 11 is 0. The maximum Gasteiger partial charge on any atom is 0 e. The van der Waals surface area contributed by atoms with Crippen molar-refractivity contribution in [2.75, 3.05) is 0 Å². The van der Waals surface area contributed by atoms with Gasteiger partial charge in [-0.2, -0.15) is 0 Å². The normalized spacial score (nSPS) is 0. The molecule has 0 heterocycles. The van der Waals surface area contributed by atoms with Crippen molar-refractivity contribution in [3.8, 4) is 0 Å². The van der Waals surface area contributed by atoms with E-state index >= 15 is 0 Å². The van der Waals surface area contributed by atoms with Crippen LogP contribution in [0, 0.1) is 7.43 Å². The first-order valence-electron chi connectivity index (χ1n) is 0. The van der Waals surface area contributed by atoms with Crippen LogP contribution >= 0.6 is 0 Å². The summed E-state index contributed by atoms with van der Waals surface area (Å²) in [6, 6.07) is 0. The Balaban J connectivity index is 0.